The second-order valence-electron chi connectivity index (χ2n) is 4.44. The SMILES string of the molecule is COCCC(NC(=O)c1cc2cc(Br)ccc2o1)C(=O)O. The van der Waals surface area contributed by atoms with Crippen molar-refractivity contribution in [1.82, 2.24) is 5.32 Å². The Kier molecular flexibility index (Phi) is 4.98. The van der Waals surface area contributed by atoms with Crippen LogP contribution in [0.3, 0.4) is 0 Å². The molecule has 2 aromatic rings. The Morgan fingerprint density at radius 3 is 2.86 bits per heavy atom. The number of aliphatic carboxylic acids is 1. The van der Waals surface area contributed by atoms with Gasteiger partial charge >= 0.3 is 5.97 Å². The summed E-state index contributed by atoms with van der Waals surface area (Å²) in [4.78, 5) is 23.1. The molecular weight excluding hydrogens is 342 g/mol. The maximum atomic E-state index is 12.1. The number of furan rings is 1. The van der Waals surface area contributed by atoms with Gasteiger partial charge in [-0.1, -0.05) is 15.9 Å². The molecule has 1 unspecified atom stereocenters. The first-order valence-electron chi connectivity index (χ1n) is 6.23. The Morgan fingerprint density at radius 1 is 1.43 bits per heavy atom. The predicted octanol–water partition coefficient (Wildman–Crippen LogP) is 2.41. The van der Waals surface area contributed by atoms with Crippen LogP contribution >= 0.6 is 15.9 Å². The molecule has 1 aromatic heterocycles. The Hall–Kier alpha value is -1.86. The van der Waals surface area contributed by atoms with Crippen molar-refractivity contribution in [3.8, 4) is 0 Å². The number of methoxy groups -OCH3 is 1. The number of amides is 1. The lowest BCUT2D eigenvalue weighted by atomic mass is 10.2. The number of hydrogen-bond donors (Lipinski definition) is 2. The number of carbonyl (C=O) groups excluding carboxylic acids is 1. The Balaban J connectivity index is 2.15. The van der Waals surface area contributed by atoms with E-state index in [0.29, 0.717) is 5.58 Å². The molecule has 2 N–H and O–H groups in total. The molecule has 2 rings (SSSR count). The highest BCUT2D eigenvalue weighted by molar-refractivity contribution is 9.10. The average Bonchev–Trinajstić information content (AvgIpc) is 2.85. The summed E-state index contributed by atoms with van der Waals surface area (Å²) in [5.41, 5.74) is 0.562. The normalized spacial score (nSPS) is 12.3. The minimum Gasteiger partial charge on any atom is -0.480 e. The molecule has 0 radical (unpaired) electrons. The number of hydrogen-bond acceptors (Lipinski definition) is 4. The number of ether oxygens (including phenoxy) is 1. The first-order valence-corrected chi connectivity index (χ1v) is 7.02. The lowest BCUT2D eigenvalue weighted by Crippen LogP contribution is -2.41. The molecule has 0 saturated heterocycles. The van der Waals surface area contributed by atoms with Gasteiger partial charge in [0.25, 0.3) is 5.91 Å². The summed E-state index contributed by atoms with van der Waals surface area (Å²) in [7, 11) is 1.47. The zero-order valence-corrected chi connectivity index (χ0v) is 12.8. The maximum Gasteiger partial charge on any atom is 0.326 e. The van der Waals surface area contributed by atoms with E-state index in [1.54, 1.807) is 18.2 Å². The number of carbonyl (C=O) groups is 2. The number of halogens is 1. The average molecular weight is 356 g/mol. The molecule has 0 aliphatic heterocycles. The number of carboxylic acids is 1. The van der Waals surface area contributed by atoms with Gasteiger partial charge in [-0.2, -0.15) is 0 Å². The third kappa shape index (κ3) is 3.83. The van der Waals surface area contributed by atoms with Crippen LogP contribution < -0.4 is 5.32 Å². The van der Waals surface area contributed by atoms with Crippen molar-refractivity contribution in [1.29, 1.82) is 0 Å². The van der Waals surface area contributed by atoms with Crippen LogP contribution in [-0.2, 0) is 9.53 Å². The maximum absolute atomic E-state index is 12.1. The number of carboxylic acid groups (broad SMARTS) is 1. The van der Waals surface area contributed by atoms with E-state index in [1.807, 2.05) is 6.07 Å². The minimum atomic E-state index is -1.11. The van der Waals surface area contributed by atoms with Crippen molar-refractivity contribution in [3.63, 3.8) is 0 Å². The smallest absolute Gasteiger partial charge is 0.326 e. The van der Waals surface area contributed by atoms with Gasteiger partial charge < -0.3 is 19.6 Å². The molecule has 6 nitrogen and oxygen atoms in total. The van der Waals surface area contributed by atoms with Gasteiger partial charge in [0.1, 0.15) is 11.6 Å². The largest absolute Gasteiger partial charge is 0.480 e. The van der Waals surface area contributed by atoms with E-state index in [2.05, 4.69) is 21.2 Å². The van der Waals surface area contributed by atoms with Crippen molar-refractivity contribution >= 4 is 38.8 Å². The number of rotatable bonds is 6. The van der Waals surface area contributed by atoms with E-state index in [0.717, 1.165) is 9.86 Å². The monoisotopic (exact) mass is 355 g/mol. The number of nitrogens with one attached hydrogen (secondary N) is 1. The summed E-state index contributed by atoms with van der Waals surface area (Å²) in [6.45, 7) is 0.240. The Morgan fingerprint density at radius 2 is 2.19 bits per heavy atom. The van der Waals surface area contributed by atoms with Crippen LogP contribution in [-0.4, -0.2) is 36.7 Å². The lowest BCUT2D eigenvalue weighted by molar-refractivity contribution is -0.139. The molecule has 0 aliphatic rings. The van der Waals surface area contributed by atoms with Crippen LogP contribution in [0.4, 0.5) is 0 Å². The zero-order valence-electron chi connectivity index (χ0n) is 11.3. The molecule has 112 valence electrons. The van der Waals surface area contributed by atoms with Crippen LogP contribution in [0.15, 0.2) is 33.2 Å². The van der Waals surface area contributed by atoms with Gasteiger partial charge in [-0.15, -0.1) is 0 Å². The quantitative estimate of drug-likeness (QED) is 0.830. The standard InChI is InChI=1S/C14H14BrNO5/c1-20-5-4-10(14(18)19)16-13(17)12-7-8-6-9(15)2-3-11(8)21-12/h2-3,6-7,10H,4-5H2,1H3,(H,16,17)(H,18,19). The second-order valence-corrected chi connectivity index (χ2v) is 5.35. The molecule has 7 heteroatoms. The molecule has 21 heavy (non-hydrogen) atoms. The van der Waals surface area contributed by atoms with Crippen molar-refractivity contribution in [3.05, 3.63) is 34.5 Å². The molecular formula is C14H14BrNO5. The number of fused-ring (bicyclic) bond motifs is 1. The van der Waals surface area contributed by atoms with Crippen molar-refractivity contribution in [2.45, 2.75) is 12.5 Å². The first-order chi connectivity index (χ1) is 10.0. The summed E-state index contributed by atoms with van der Waals surface area (Å²) in [5.74, 6) is -1.60. The van der Waals surface area contributed by atoms with E-state index in [-0.39, 0.29) is 18.8 Å². The van der Waals surface area contributed by atoms with Crippen LogP contribution in [0.2, 0.25) is 0 Å². The topological polar surface area (TPSA) is 88.8 Å². The van der Waals surface area contributed by atoms with Gasteiger partial charge in [0.05, 0.1) is 0 Å². The van der Waals surface area contributed by atoms with Gasteiger partial charge in [-0.3, -0.25) is 4.79 Å². The Labute approximate surface area is 129 Å². The summed E-state index contributed by atoms with van der Waals surface area (Å²) >= 11 is 3.33. The molecule has 1 amide bonds. The summed E-state index contributed by atoms with van der Waals surface area (Å²) < 4.78 is 11.1. The fourth-order valence-electron chi connectivity index (χ4n) is 1.85. The van der Waals surface area contributed by atoms with Crippen molar-refractivity contribution in [2.24, 2.45) is 0 Å². The number of benzene rings is 1. The summed E-state index contributed by atoms with van der Waals surface area (Å²) in [6.07, 6.45) is 0.184. The van der Waals surface area contributed by atoms with Crippen molar-refractivity contribution < 1.29 is 23.8 Å². The minimum absolute atomic E-state index is 0.0757. The lowest BCUT2D eigenvalue weighted by Gasteiger charge is -2.12. The molecule has 1 aromatic carbocycles. The summed E-state index contributed by atoms with van der Waals surface area (Å²) in [5, 5.41) is 12.2. The highest BCUT2D eigenvalue weighted by Gasteiger charge is 2.22. The molecule has 0 saturated carbocycles. The van der Waals surface area contributed by atoms with Crippen LogP contribution in [0.25, 0.3) is 11.0 Å². The third-order valence-electron chi connectivity index (χ3n) is 2.92. The van der Waals surface area contributed by atoms with E-state index in [9.17, 15) is 9.59 Å². The van der Waals surface area contributed by atoms with E-state index < -0.39 is 17.9 Å². The van der Waals surface area contributed by atoms with E-state index >= 15 is 0 Å². The van der Waals surface area contributed by atoms with Gasteiger partial charge in [-0.05, 0) is 24.3 Å². The van der Waals surface area contributed by atoms with Gasteiger partial charge in [0, 0.05) is 30.0 Å². The molecule has 0 fully saturated rings. The molecule has 1 heterocycles. The summed E-state index contributed by atoms with van der Waals surface area (Å²) in [6, 6.07) is 5.90. The van der Waals surface area contributed by atoms with Crippen LogP contribution in [0, 0.1) is 0 Å². The van der Waals surface area contributed by atoms with Gasteiger partial charge in [0.15, 0.2) is 5.76 Å². The van der Waals surface area contributed by atoms with Gasteiger partial charge in [0.2, 0.25) is 0 Å². The molecule has 0 spiro atoms. The fraction of sp³-hybridized carbons (Fsp3) is 0.286. The molecule has 1 atom stereocenters. The van der Waals surface area contributed by atoms with Crippen LogP contribution in [0.5, 0.6) is 0 Å². The highest BCUT2D eigenvalue weighted by Crippen LogP contribution is 2.23. The second kappa shape index (κ2) is 6.73. The molecule has 0 bridgehead atoms. The Bertz CT molecular complexity index is 666. The molecule has 0 aliphatic carbocycles. The van der Waals surface area contributed by atoms with E-state index in [4.69, 9.17) is 14.3 Å². The third-order valence-corrected chi connectivity index (χ3v) is 3.41. The highest BCUT2D eigenvalue weighted by atomic mass is 79.9. The first kappa shape index (κ1) is 15.5. The zero-order chi connectivity index (χ0) is 15.4. The van der Waals surface area contributed by atoms with E-state index in [1.165, 1.54) is 7.11 Å². The fourth-order valence-corrected chi connectivity index (χ4v) is 2.23. The predicted molar refractivity (Wildman–Crippen MR) is 79.3 cm³/mol. The van der Waals surface area contributed by atoms with Crippen LogP contribution in [0.1, 0.15) is 17.0 Å². The van der Waals surface area contributed by atoms with Crippen molar-refractivity contribution in [2.75, 3.05) is 13.7 Å². The van der Waals surface area contributed by atoms with Gasteiger partial charge in [-0.25, -0.2) is 4.79 Å².